The van der Waals surface area contributed by atoms with Gasteiger partial charge in [0.05, 0.1) is 16.9 Å². The predicted molar refractivity (Wildman–Crippen MR) is 123 cm³/mol. The monoisotopic (exact) mass is 437 g/mol. The van der Waals surface area contributed by atoms with Crippen LogP contribution >= 0.6 is 11.3 Å². The van der Waals surface area contributed by atoms with Crippen LogP contribution in [0.2, 0.25) is 0 Å². The maximum Gasteiger partial charge on any atom is 0.246 e. The first kappa shape index (κ1) is 20.1. The number of aromatic nitrogens is 3. The third-order valence-electron chi connectivity index (χ3n) is 6.27. The molecule has 3 aromatic heterocycles. The Morgan fingerprint density at radius 1 is 1.39 bits per heavy atom. The highest BCUT2D eigenvalue weighted by Gasteiger charge is 2.31. The van der Waals surface area contributed by atoms with Gasteiger partial charge in [-0.3, -0.25) is 4.79 Å². The number of nitrogens with zero attached hydrogens (tertiary/aromatic N) is 4. The van der Waals surface area contributed by atoms with Gasteiger partial charge in [-0.2, -0.15) is 4.98 Å². The topological polar surface area (TPSA) is 72.3 Å². The fourth-order valence-electron chi connectivity index (χ4n) is 4.52. The Balaban J connectivity index is 1.45. The van der Waals surface area contributed by atoms with Crippen LogP contribution in [0.3, 0.4) is 0 Å². The number of fused-ring (bicyclic) bond motifs is 1. The molecule has 0 aromatic carbocycles. The van der Waals surface area contributed by atoms with Crippen LogP contribution in [0.5, 0.6) is 5.88 Å². The minimum Gasteiger partial charge on any atom is -0.475 e. The van der Waals surface area contributed by atoms with Crippen molar-refractivity contribution in [2.45, 2.75) is 51.1 Å². The van der Waals surface area contributed by atoms with Crippen molar-refractivity contribution in [3.05, 3.63) is 42.1 Å². The van der Waals surface area contributed by atoms with Crippen LogP contribution in [0.4, 0.5) is 10.9 Å². The first-order valence-corrected chi connectivity index (χ1v) is 11.7. The zero-order valence-electron chi connectivity index (χ0n) is 17.7. The molecule has 1 aliphatic heterocycles. The van der Waals surface area contributed by atoms with E-state index >= 15 is 0 Å². The van der Waals surface area contributed by atoms with E-state index in [4.69, 9.17) is 9.72 Å². The van der Waals surface area contributed by atoms with Gasteiger partial charge < -0.3 is 19.5 Å². The zero-order chi connectivity index (χ0) is 21.4. The lowest BCUT2D eigenvalue weighted by molar-refractivity contribution is -0.134. The van der Waals surface area contributed by atoms with Crippen LogP contribution in [0.1, 0.15) is 43.0 Å². The van der Waals surface area contributed by atoms with Crippen molar-refractivity contribution in [2.24, 2.45) is 0 Å². The molecule has 1 saturated carbocycles. The molecule has 3 aromatic rings. The van der Waals surface area contributed by atoms with Gasteiger partial charge >= 0.3 is 0 Å². The van der Waals surface area contributed by atoms with E-state index in [0.717, 1.165) is 39.7 Å². The molecule has 0 radical (unpaired) electrons. The Kier molecular flexibility index (Phi) is 5.40. The Labute approximate surface area is 185 Å². The van der Waals surface area contributed by atoms with Crippen LogP contribution in [0, 0.1) is 6.92 Å². The van der Waals surface area contributed by atoms with Gasteiger partial charge in [-0.05, 0) is 38.3 Å². The van der Waals surface area contributed by atoms with Crippen molar-refractivity contribution in [1.29, 1.82) is 0 Å². The van der Waals surface area contributed by atoms with E-state index in [1.165, 1.54) is 31.8 Å². The number of aryl methyl sites for hydroxylation is 1. The highest BCUT2D eigenvalue weighted by Crippen LogP contribution is 2.37. The number of hydrogen-bond acceptors (Lipinski definition) is 6. The number of hydrogen-bond donors (Lipinski definition) is 1. The molecule has 1 saturated heterocycles. The standard InChI is InChI=1S/C23H27N5O2S/c1-3-21(29)28-10-8-17(28)14-30-22-18-9-11-27(16-6-4-5-7-16)19(18)12-20(25-22)26-23-24-13-15(2)31-23/h3,9,11-13,16-17H,1,4-8,10,14H2,2H3,(H,24,25,26). The van der Waals surface area contributed by atoms with Crippen LogP contribution in [0.25, 0.3) is 10.9 Å². The smallest absolute Gasteiger partial charge is 0.246 e. The van der Waals surface area contributed by atoms with E-state index < -0.39 is 0 Å². The lowest BCUT2D eigenvalue weighted by Crippen LogP contribution is -2.53. The molecule has 1 N–H and O–H groups in total. The second-order valence-corrected chi connectivity index (χ2v) is 9.53. The summed E-state index contributed by atoms with van der Waals surface area (Å²) in [5.41, 5.74) is 1.13. The molecule has 7 nitrogen and oxygen atoms in total. The van der Waals surface area contributed by atoms with Crippen LogP contribution in [0.15, 0.2) is 37.2 Å². The van der Waals surface area contributed by atoms with E-state index in [1.54, 1.807) is 16.2 Å². The predicted octanol–water partition coefficient (Wildman–Crippen LogP) is 4.83. The maximum atomic E-state index is 12.0. The summed E-state index contributed by atoms with van der Waals surface area (Å²) in [6.45, 7) is 6.81. The van der Waals surface area contributed by atoms with Crippen molar-refractivity contribution in [1.82, 2.24) is 19.4 Å². The Morgan fingerprint density at radius 3 is 2.90 bits per heavy atom. The van der Waals surface area contributed by atoms with Gasteiger partial charge in [0.25, 0.3) is 0 Å². The number of amides is 1. The Morgan fingerprint density at radius 2 is 2.23 bits per heavy atom. The third kappa shape index (κ3) is 3.92. The number of carbonyl (C=O) groups excluding carboxylic acids is 1. The number of nitrogens with one attached hydrogen (secondary N) is 1. The maximum absolute atomic E-state index is 12.0. The summed E-state index contributed by atoms with van der Waals surface area (Å²) in [6, 6.07) is 4.78. The molecule has 1 unspecified atom stereocenters. The number of carbonyl (C=O) groups is 1. The van der Waals surface area contributed by atoms with Gasteiger partial charge in [0.2, 0.25) is 11.8 Å². The van der Waals surface area contributed by atoms with Gasteiger partial charge in [-0.15, -0.1) is 11.3 Å². The molecule has 162 valence electrons. The summed E-state index contributed by atoms with van der Waals surface area (Å²) >= 11 is 1.60. The minimum absolute atomic E-state index is 0.0418. The molecule has 0 spiro atoms. The highest BCUT2D eigenvalue weighted by atomic mass is 32.1. The first-order valence-electron chi connectivity index (χ1n) is 10.9. The second kappa shape index (κ2) is 8.34. The molecule has 1 amide bonds. The molecular weight excluding hydrogens is 410 g/mol. The lowest BCUT2D eigenvalue weighted by Gasteiger charge is -2.39. The van der Waals surface area contributed by atoms with Crippen molar-refractivity contribution in [3.8, 4) is 5.88 Å². The summed E-state index contributed by atoms with van der Waals surface area (Å²) in [6.07, 6.45) is 11.3. The number of likely N-dealkylation sites (tertiary alicyclic amines) is 1. The van der Waals surface area contributed by atoms with E-state index in [1.807, 2.05) is 13.1 Å². The summed E-state index contributed by atoms with van der Waals surface area (Å²) in [5, 5.41) is 5.17. The van der Waals surface area contributed by atoms with Gasteiger partial charge in [-0.1, -0.05) is 19.4 Å². The molecule has 2 aliphatic rings. The average Bonchev–Trinajstić information content (AvgIpc) is 3.48. The summed E-state index contributed by atoms with van der Waals surface area (Å²) in [5.74, 6) is 1.28. The van der Waals surface area contributed by atoms with Crippen molar-refractivity contribution < 1.29 is 9.53 Å². The van der Waals surface area contributed by atoms with E-state index in [-0.39, 0.29) is 11.9 Å². The molecule has 1 atom stereocenters. The number of pyridine rings is 1. The van der Waals surface area contributed by atoms with Crippen LogP contribution in [-0.4, -0.2) is 44.5 Å². The van der Waals surface area contributed by atoms with Crippen LogP contribution in [-0.2, 0) is 4.79 Å². The molecule has 31 heavy (non-hydrogen) atoms. The SMILES string of the molecule is C=CC(=O)N1CCC1COc1nc(Nc2ncc(C)s2)cc2c1ccn2C1CCCC1. The lowest BCUT2D eigenvalue weighted by atomic mass is 10.0. The quantitative estimate of drug-likeness (QED) is 0.536. The molecular formula is C23H27N5O2S. The first-order chi connectivity index (χ1) is 15.1. The van der Waals surface area contributed by atoms with Gasteiger partial charge in [0.1, 0.15) is 12.4 Å². The average molecular weight is 438 g/mol. The highest BCUT2D eigenvalue weighted by molar-refractivity contribution is 7.15. The van der Waals surface area contributed by atoms with Crippen molar-refractivity contribution >= 4 is 39.1 Å². The van der Waals surface area contributed by atoms with E-state index in [9.17, 15) is 4.79 Å². The minimum atomic E-state index is -0.0418. The summed E-state index contributed by atoms with van der Waals surface area (Å²) < 4.78 is 8.57. The zero-order valence-corrected chi connectivity index (χ0v) is 18.5. The van der Waals surface area contributed by atoms with Gasteiger partial charge in [-0.25, -0.2) is 4.98 Å². The fraction of sp³-hybridized carbons (Fsp3) is 0.435. The summed E-state index contributed by atoms with van der Waals surface area (Å²) in [7, 11) is 0. The number of rotatable bonds is 7. The molecule has 5 rings (SSSR count). The fourth-order valence-corrected chi connectivity index (χ4v) is 5.19. The molecule has 1 aliphatic carbocycles. The second-order valence-electron chi connectivity index (χ2n) is 8.30. The van der Waals surface area contributed by atoms with E-state index in [0.29, 0.717) is 18.5 Å². The van der Waals surface area contributed by atoms with Gasteiger partial charge in [0, 0.05) is 35.9 Å². The van der Waals surface area contributed by atoms with E-state index in [2.05, 4.69) is 39.8 Å². The molecule has 4 heterocycles. The van der Waals surface area contributed by atoms with Crippen molar-refractivity contribution in [3.63, 3.8) is 0 Å². The molecule has 0 bridgehead atoms. The van der Waals surface area contributed by atoms with Crippen molar-refractivity contribution in [2.75, 3.05) is 18.5 Å². The Hall–Kier alpha value is -2.87. The number of anilines is 2. The van der Waals surface area contributed by atoms with Crippen LogP contribution < -0.4 is 10.1 Å². The Bertz CT molecular complexity index is 1110. The normalized spacial score (nSPS) is 18.9. The summed E-state index contributed by atoms with van der Waals surface area (Å²) in [4.78, 5) is 24.1. The number of ether oxygens (including phenoxy) is 1. The number of thiazole rings is 1. The largest absolute Gasteiger partial charge is 0.475 e. The third-order valence-corrected chi connectivity index (χ3v) is 7.10. The van der Waals surface area contributed by atoms with Gasteiger partial charge in [0.15, 0.2) is 5.13 Å². The molecule has 8 heteroatoms. The molecule has 2 fully saturated rings.